The maximum atomic E-state index is 6.69. The molecule has 0 radical (unpaired) electrons. The molecular formula is C54H42O3P4S. The Hall–Kier alpha value is -5.68. The van der Waals surface area contributed by atoms with Crippen LogP contribution in [-0.4, -0.2) is 0 Å². The summed E-state index contributed by atoms with van der Waals surface area (Å²) < 4.78 is 20.1. The SMILES string of the molecule is S=P(Oc1ccc(P(c2ccccc2)c2ccccc2)cc1)(Oc1ccc(P(c2ccccc2)c2ccccc2)cc1)Oc1ccc(P(c2ccccc2)c2ccccc2)cc1. The molecule has 302 valence electrons. The second-order valence-electron chi connectivity index (χ2n) is 14.2. The molecule has 8 heteroatoms. The maximum absolute atomic E-state index is 6.69. The molecule has 0 unspecified atom stereocenters. The van der Waals surface area contributed by atoms with Gasteiger partial charge in [-0.25, -0.2) is 0 Å². The standard InChI is InChI=1S/C54H42O3P4S/c62-61(55-43-31-37-52(38-32-43)58(46-19-7-1-8-20-46)47-21-9-2-10-22-47,56-44-33-39-53(40-34-44)59(48-23-11-3-12-24-48)49-25-13-4-14-26-49)57-45-35-41-54(42-36-45)60(50-27-15-5-16-28-50)51-29-17-6-18-30-51/h1-42H. The van der Waals surface area contributed by atoms with Crippen LogP contribution < -0.4 is 61.3 Å². The van der Waals surface area contributed by atoms with Crippen molar-refractivity contribution in [3.8, 4) is 17.2 Å². The zero-order chi connectivity index (χ0) is 42.0. The molecule has 0 atom stereocenters. The Morgan fingerprint density at radius 3 is 0.565 bits per heavy atom. The highest BCUT2D eigenvalue weighted by molar-refractivity contribution is 8.08. The molecule has 0 aromatic heterocycles. The number of benzene rings is 9. The fraction of sp³-hybridized carbons (Fsp3) is 0. The maximum Gasteiger partial charge on any atom is 0.490 e. The van der Waals surface area contributed by atoms with E-state index < -0.39 is 30.5 Å². The minimum absolute atomic E-state index is 0.578. The lowest BCUT2D eigenvalue weighted by Crippen LogP contribution is -2.20. The third-order valence-corrected chi connectivity index (χ3v) is 19.3. The van der Waals surface area contributed by atoms with Crippen LogP contribution in [0.3, 0.4) is 0 Å². The third-order valence-electron chi connectivity index (χ3n) is 10.0. The monoisotopic (exact) mass is 894 g/mol. The summed E-state index contributed by atoms with van der Waals surface area (Å²) >= 11 is 6.32. The van der Waals surface area contributed by atoms with Gasteiger partial charge in [0.15, 0.2) is 0 Å². The average Bonchev–Trinajstić information content (AvgIpc) is 3.33. The molecule has 0 fully saturated rings. The predicted molar refractivity (Wildman–Crippen MR) is 272 cm³/mol. The van der Waals surface area contributed by atoms with E-state index in [0.717, 1.165) is 0 Å². The molecule has 0 aliphatic rings. The Kier molecular flexibility index (Phi) is 13.4. The summed E-state index contributed by atoms with van der Waals surface area (Å²) in [4.78, 5) is 0. The fourth-order valence-electron chi connectivity index (χ4n) is 7.22. The van der Waals surface area contributed by atoms with Crippen molar-refractivity contribution in [3.05, 3.63) is 255 Å². The summed E-state index contributed by atoms with van der Waals surface area (Å²) in [6.07, 6.45) is 0. The summed E-state index contributed by atoms with van der Waals surface area (Å²) in [5.41, 5.74) is 0. The van der Waals surface area contributed by atoms with Gasteiger partial charge in [-0.3, -0.25) is 0 Å². The van der Waals surface area contributed by atoms with Gasteiger partial charge in [-0.15, -0.1) is 0 Å². The molecule has 9 aromatic carbocycles. The summed E-state index contributed by atoms with van der Waals surface area (Å²) in [7, 11) is -2.36. The van der Waals surface area contributed by atoms with Crippen LogP contribution in [0.25, 0.3) is 0 Å². The van der Waals surface area contributed by atoms with Crippen molar-refractivity contribution in [2.75, 3.05) is 0 Å². The Morgan fingerprint density at radius 2 is 0.387 bits per heavy atom. The van der Waals surface area contributed by atoms with E-state index in [1.165, 1.54) is 47.7 Å². The van der Waals surface area contributed by atoms with Gasteiger partial charge in [0.25, 0.3) is 0 Å². The van der Waals surface area contributed by atoms with E-state index in [-0.39, 0.29) is 0 Å². The van der Waals surface area contributed by atoms with E-state index >= 15 is 0 Å². The molecule has 0 saturated heterocycles. The predicted octanol–water partition coefficient (Wildman–Crippen LogP) is 10.7. The van der Waals surface area contributed by atoms with Crippen LogP contribution in [0.1, 0.15) is 0 Å². The minimum atomic E-state index is -3.50. The van der Waals surface area contributed by atoms with Crippen LogP contribution in [0, 0.1) is 0 Å². The van der Waals surface area contributed by atoms with Crippen LogP contribution >= 0.6 is 30.5 Å². The summed E-state index contributed by atoms with van der Waals surface area (Å²) in [6.45, 7) is -3.50. The smallest absolute Gasteiger partial charge is 0.407 e. The second kappa shape index (κ2) is 20.0. The van der Waals surface area contributed by atoms with Crippen molar-refractivity contribution in [1.29, 1.82) is 0 Å². The van der Waals surface area contributed by atoms with Gasteiger partial charge in [0.05, 0.1) is 0 Å². The molecule has 0 bridgehead atoms. The van der Waals surface area contributed by atoms with Gasteiger partial charge in [0.1, 0.15) is 17.2 Å². The van der Waals surface area contributed by atoms with Gasteiger partial charge in [-0.05, 0) is 108 Å². The second-order valence-corrected chi connectivity index (χ2v) is 23.7. The van der Waals surface area contributed by atoms with E-state index in [9.17, 15) is 0 Å². The van der Waals surface area contributed by atoms with Gasteiger partial charge in [-0.1, -0.05) is 218 Å². The van der Waals surface area contributed by atoms with Crippen molar-refractivity contribution >= 4 is 90.0 Å². The molecular weight excluding hydrogens is 853 g/mol. The average molecular weight is 895 g/mol. The van der Waals surface area contributed by atoms with Crippen molar-refractivity contribution in [2.45, 2.75) is 0 Å². The number of rotatable bonds is 15. The first-order valence-corrected chi connectivity index (χ1v) is 26.9. The highest BCUT2D eigenvalue weighted by Crippen LogP contribution is 2.50. The highest BCUT2D eigenvalue weighted by atomic mass is 32.5. The minimum Gasteiger partial charge on any atom is -0.407 e. The lowest BCUT2D eigenvalue weighted by Gasteiger charge is -2.25. The molecule has 0 N–H and O–H groups in total. The van der Waals surface area contributed by atoms with Crippen molar-refractivity contribution in [3.63, 3.8) is 0 Å². The topological polar surface area (TPSA) is 27.7 Å². The van der Waals surface area contributed by atoms with Gasteiger partial charge in [0, 0.05) is 11.8 Å². The summed E-state index contributed by atoms with van der Waals surface area (Å²) in [5, 5.41) is 11.3. The zero-order valence-electron chi connectivity index (χ0n) is 33.7. The molecule has 62 heavy (non-hydrogen) atoms. The Bertz CT molecular complexity index is 2390. The highest BCUT2D eigenvalue weighted by Gasteiger charge is 2.28. The molecule has 0 amide bonds. The number of hydrogen-bond acceptors (Lipinski definition) is 4. The molecule has 9 aromatic rings. The molecule has 0 spiro atoms. The van der Waals surface area contributed by atoms with Gasteiger partial charge in [-0.2, -0.15) is 0 Å². The third kappa shape index (κ3) is 10.2. The molecule has 0 heterocycles. The Morgan fingerprint density at radius 1 is 0.226 bits per heavy atom. The first-order valence-electron chi connectivity index (χ1n) is 20.3. The van der Waals surface area contributed by atoms with Gasteiger partial charge in [0.2, 0.25) is 0 Å². The van der Waals surface area contributed by atoms with Gasteiger partial charge >= 0.3 is 6.72 Å². The first-order chi connectivity index (χ1) is 30.6. The van der Waals surface area contributed by atoms with Crippen molar-refractivity contribution < 1.29 is 13.6 Å². The lowest BCUT2D eigenvalue weighted by atomic mass is 10.3. The van der Waals surface area contributed by atoms with Crippen molar-refractivity contribution in [1.82, 2.24) is 0 Å². The van der Waals surface area contributed by atoms with Gasteiger partial charge < -0.3 is 13.6 Å². The molecule has 9 rings (SSSR count). The van der Waals surface area contributed by atoms with Crippen LogP contribution in [0.2, 0.25) is 0 Å². The van der Waals surface area contributed by atoms with E-state index in [4.69, 9.17) is 25.4 Å². The Labute approximate surface area is 373 Å². The fourth-order valence-corrected chi connectivity index (χ4v) is 16.1. The molecule has 0 saturated carbocycles. The Balaban J connectivity index is 1.03. The van der Waals surface area contributed by atoms with Crippen LogP contribution in [0.5, 0.6) is 17.2 Å². The molecule has 0 aliphatic heterocycles. The zero-order valence-corrected chi connectivity index (χ0v) is 38.1. The van der Waals surface area contributed by atoms with E-state index in [1.807, 2.05) is 36.4 Å². The molecule has 3 nitrogen and oxygen atoms in total. The molecule has 0 aliphatic carbocycles. The van der Waals surface area contributed by atoms with Crippen LogP contribution in [0.4, 0.5) is 0 Å². The lowest BCUT2D eigenvalue weighted by molar-refractivity contribution is 0.384. The van der Waals surface area contributed by atoms with Crippen LogP contribution in [-0.2, 0) is 11.8 Å². The first kappa shape index (κ1) is 41.7. The largest absolute Gasteiger partial charge is 0.490 e. The van der Waals surface area contributed by atoms with Crippen molar-refractivity contribution in [2.24, 2.45) is 0 Å². The van der Waals surface area contributed by atoms with E-state index in [0.29, 0.717) is 17.2 Å². The summed E-state index contributed by atoms with van der Waals surface area (Å²) in [5.74, 6) is 1.74. The summed E-state index contributed by atoms with van der Waals surface area (Å²) in [6, 6.07) is 88.7. The quantitative estimate of drug-likeness (QED) is 0.0959. The van der Waals surface area contributed by atoms with Crippen LogP contribution in [0.15, 0.2) is 255 Å². The number of hydrogen-bond donors (Lipinski definition) is 0. The van der Waals surface area contributed by atoms with E-state index in [1.54, 1.807) is 0 Å². The normalized spacial score (nSPS) is 11.4. The van der Waals surface area contributed by atoms with E-state index in [2.05, 4.69) is 218 Å².